The van der Waals surface area contributed by atoms with E-state index < -0.39 is 0 Å². The van der Waals surface area contributed by atoms with Crippen LogP contribution in [0.1, 0.15) is 54.5 Å². The lowest BCUT2D eigenvalue weighted by Crippen LogP contribution is -2.35. The van der Waals surface area contributed by atoms with E-state index in [2.05, 4.69) is 38.8 Å². The molecule has 0 bridgehead atoms. The zero-order valence-corrected chi connectivity index (χ0v) is 19.4. The van der Waals surface area contributed by atoms with E-state index in [1.807, 2.05) is 15.5 Å². The maximum absolute atomic E-state index is 15.1. The quantitative estimate of drug-likeness (QED) is 0.443. The fraction of sp³-hybridized carbons (Fsp3) is 0.440. The molecule has 1 aromatic heterocycles. The van der Waals surface area contributed by atoms with Crippen LogP contribution in [-0.2, 0) is 6.54 Å². The molecule has 3 aromatic rings. The van der Waals surface area contributed by atoms with Gasteiger partial charge in [0.1, 0.15) is 24.3 Å². The Morgan fingerprint density at radius 2 is 1.64 bits per heavy atom. The minimum Gasteiger partial charge on any atom is -0.369 e. The number of aromatic nitrogens is 3. The lowest BCUT2D eigenvalue weighted by atomic mass is 10.0. The van der Waals surface area contributed by atoms with Gasteiger partial charge in [0.05, 0.1) is 5.69 Å². The molecule has 5 nitrogen and oxygen atoms in total. The van der Waals surface area contributed by atoms with E-state index in [-0.39, 0.29) is 11.6 Å². The van der Waals surface area contributed by atoms with Gasteiger partial charge in [0.25, 0.3) is 0 Å². The first-order valence-electron chi connectivity index (χ1n) is 11.7. The molecule has 0 spiro atoms. The smallest absolute Gasteiger partial charge is 0.147 e. The van der Waals surface area contributed by atoms with Crippen LogP contribution in [0.25, 0.3) is 0 Å². The molecule has 1 atom stereocenters. The van der Waals surface area contributed by atoms with Crippen molar-refractivity contribution in [2.75, 3.05) is 24.5 Å². The van der Waals surface area contributed by atoms with Gasteiger partial charge in [0.2, 0.25) is 0 Å². The van der Waals surface area contributed by atoms with Crippen LogP contribution in [0.3, 0.4) is 0 Å². The first-order valence-corrected chi connectivity index (χ1v) is 12.5. The fourth-order valence-electron chi connectivity index (χ4n) is 4.85. The van der Waals surface area contributed by atoms with Crippen molar-refractivity contribution in [2.24, 2.45) is 0 Å². The first kappa shape index (κ1) is 22.3. The molecular weight excluding hydrogens is 440 g/mol. The Morgan fingerprint density at radius 3 is 2.39 bits per heavy atom. The van der Waals surface area contributed by atoms with Gasteiger partial charge in [-0.3, -0.25) is 0 Å². The Hall–Kier alpha value is -2.45. The van der Waals surface area contributed by atoms with E-state index in [9.17, 15) is 0 Å². The van der Waals surface area contributed by atoms with E-state index >= 15 is 8.78 Å². The summed E-state index contributed by atoms with van der Waals surface area (Å²) in [5.74, 6) is -0.665. The van der Waals surface area contributed by atoms with Crippen LogP contribution in [0.5, 0.6) is 0 Å². The highest BCUT2D eigenvalue weighted by atomic mass is 32.2. The number of hydrogen-bond donors (Lipinski definition) is 0. The number of anilines is 1. The largest absolute Gasteiger partial charge is 0.369 e. The van der Waals surface area contributed by atoms with Gasteiger partial charge in [0.15, 0.2) is 0 Å². The fourth-order valence-corrected chi connectivity index (χ4v) is 6.21. The van der Waals surface area contributed by atoms with Crippen molar-refractivity contribution in [3.8, 4) is 0 Å². The van der Waals surface area contributed by atoms with Crippen LogP contribution in [0.15, 0.2) is 55.1 Å². The van der Waals surface area contributed by atoms with Crippen LogP contribution in [0.2, 0.25) is 0 Å². The lowest BCUT2D eigenvalue weighted by molar-refractivity contribution is 0.392. The van der Waals surface area contributed by atoms with Crippen LogP contribution in [-0.4, -0.2) is 38.7 Å². The van der Waals surface area contributed by atoms with E-state index in [1.54, 1.807) is 24.6 Å². The first-order chi connectivity index (χ1) is 16.2. The highest BCUT2D eigenvalue weighted by Crippen LogP contribution is 2.40. The summed E-state index contributed by atoms with van der Waals surface area (Å²) >= 11 is 1.77. The van der Waals surface area contributed by atoms with Crippen molar-refractivity contribution in [2.45, 2.75) is 49.9 Å². The van der Waals surface area contributed by atoms with Gasteiger partial charge in [-0.25, -0.2) is 13.1 Å². The molecule has 33 heavy (non-hydrogen) atoms. The zero-order valence-electron chi connectivity index (χ0n) is 18.6. The topological polar surface area (TPSA) is 37.2 Å². The third kappa shape index (κ3) is 5.22. The number of nitrogens with zero attached hydrogens (tertiary/aromatic N) is 5. The van der Waals surface area contributed by atoms with Crippen molar-refractivity contribution in [3.63, 3.8) is 0 Å². The minimum absolute atomic E-state index is 0.307. The maximum Gasteiger partial charge on any atom is 0.147 e. The van der Waals surface area contributed by atoms with E-state index in [0.717, 1.165) is 38.6 Å². The zero-order chi connectivity index (χ0) is 22.6. The molecule has 2 fully saturated rings. The molecule has 2 aliphatic heterocycles. The third-order valence-electron chi connectivity index (χ3n) is 6.70. The molecule has 2 aliphatic rings. The number of halogens is 2. The van der Waals surface area contributed by atoms with Crippen molar-refractivity contribution in [3.05, 3.63) is 77.9 Å². The summed E-state index contributed by atoms with van der Waals surface area (Å²) in [5, 5.41) is 8.09. The molecule has 2 saturated heterocycles. The van der Waals surface area contributed by atoms with Gasteiger partial charge in [0, 0.05) is 49.1 Å². The highest BCUT2D eigenvalue weighted by Gasteiger charge is 2.25. The molecule has 0 N–H and O–H groups in total. The second-order valence-corrected chi connectivity index (χ2v) is 10.2. The molecule has 0 aliphatic carbocycles. The predicted octanol–water partition coefficient (Wildman–Crippen LogP) is 5.77. The van der Waals surface area contributed by atoms with Crippen LogP contribution in [0.4, 0.5) is 14.5 Å². The third-order valence-corrected chi connectivity index (χ3v) is 8.07. The van der Waals surface area contributed by atoms with Gasteiger partial charge in [-0.05, 0) is 37.3 Å². The van der Waals surface area contributed by atoms with Gasteiger partial charge in [-0.1, -0.05) is 48.7 Å². The number of benzene rings is 2. The molecule has 5 rings (SSSR count). The van der Waals surface area contributed by atoms with E-state index in [4.69, 9.17) is 0 Å². The Bertz CT molecular complexity index is 1040. The molecule has 2 aromatic carbocycles. The van der Waals surface area contributed by atoms with Crippen molar-refractivity contribution in [1.82, 2.24) is 19.1 Å². The Labute approximate surface area is 197 Å². The molecule has 8 heteroatoms. The summed E-state index contributed by atoms with van der Waals surface area (Å²) in [6.45, 7) is 2.65. The van der Waals surface area contributed by atoms with Gasteiger partial charge in [-0.15, -0.1) is 10.2 Å². The summed E-state index contributed by atoms with van der Waals surface area (Å²) in [6.07, 6.45) is 8.46. The lowest BCUT2D eigenvalue weighted by Gasteiger charge is -2.34. The van der Waals surface area contributed by atoms with Gasteiger partial charge in [-0.2, -0.15) is 0 Å². The average molecular weight is 470 g/mol. The van der Waals surface area contributed by atoms with Crippen LogP contribution < -0.4 is 4.90 Å². The second kappa shape index (κ2) is 10.2. The molecule has 0 saturated carbocycles. The number of rotatable bonds is 5. The molecule has 3 heterocycles. The molecule has 174 valence electrons. The van der Waals surface area contributed by atoms with Gasteiger partial charge >= 0.3 is 0 Å². The summed E-state index contributed by atoms with van der Waals surface area (Å²) < 4.78 is 34.4. The average Bonchev–Trinajstić information content (AvgIpc) is 3.28. The predicted molar refractivity (Wildman–Crippen MR) is 128 cm³/mol. The van der Waals surface area contributed by atoms with Crippen molar-refractivity contribution < 1.29 is 8.78 Å². The minimum atomic E-state index is -0.339. The normalized spacial score (nSPS) is 20.7. The standard InChI is InChI=1S/C25H29F2N5S/c26-22-15-24(30-12-9-21(10-13-30)31-17-28-29-18-31)23(27)14-20(22)16-32-11-5-4-8-25(33-32)19-6-2-1-3-7-19/h1-3,6-7,14-15,17-18,21,25H,4-5,8-13,16H2/t25-/m1/s1. The van der Waals surface area contributed by atoms with Crippen LogP contribution in [0, 0.1) is 11.6 Å². The summed E-state index contributed by atoms with van der Waals surface area (Å²) in [7, 11) is 0. The summed E-state index contributed by atoms with van der Waals surface area (Å²) in [5.41, 5.74) is 2.09. The van der Waals surface area contributed by atoms with E-state index in [1.165, 1.54) is 17.7 Å². The molecule has 0 amide bonds. The highest BCUT2D eigenvalue weighted by molar-refractivity contribution is 7.97. The van der Waals surface area contributed by atoms with Crippen molar-refractivity contribution in [1.29, 1.82) is 0 Å². The Balaban J connectivity index is 1.26. The second-order valence-electron chi connectivity index (χ2n) is 8.89. The molecule has 0 radical (unpaired) electrons. The summed E-state index contributed by atoms with van der Waals surface area (Å²) in [6, 6.07) is 13.6. The van der Waals surface area contributed by atoms with Crippen molar-refractivity contribution >= 4 is 17.6 Å². The Kier molecular flexibility index (Phi) is 6.92. The SMILES string of the molecule is Fc1cc(N2CCC(n3cnnc3)CC2)c(F)cc1CN1CCCC[C@H](c2ccccc2)S1. The van der Waals surface area contributed by atoms with Crippen LogP contribution >= 0.6 is 11.9 Å². The number of hydrogen-bond acceptors (Lipinski definition) is 5. The van der Waals surface area contributed by atoms with E-state index in [0.29, 0.717) is 42.2 Å². The molecule has 0 unspecified atom stereocenters. The summed E-state index contributed by atoms with van der Waals surface area (Å²) in [4.78, 5) is 1.95. The Morgan fingerprint density at radius 1 is 0.879 bits per heavy atom. The van der Waals surface area contributed by atoms with Gasteiger partial charge < -0.3 is 9.47 Å². The maximum atomic E-state index is 15.1. The monoisotopic (exact) mass is 469 g/mol. The number of piperidine rings is 1. The molecular formula is C25H29F2N5S.